The predicted octanol–water partition coefficient (Wildman–Crippen LogP) is 1.62. The lowest BCUT2D eigenvalue weighted by atomic mass is 10.0. The Morgan fingerprint density at radius 3 is 2.57 bits per heavy atom. The third-order valence-electron chi connectivity index (χ3n) is 4.35. The number of amides is 1. The van der Waals surface area contributed by atoms with E-state index in [1.807, 2.05) is 24.1 Å². The molecular formula is C16H22N2O3. The van der Waals surface area contributed by atoms with Gasteiger partial charge in [0.15, 0.2) is 11.5 Å². The Hall–Kier alpha value is -1.75. The van der Waals surface area contributed by atoms with Gasteiger partial charge in [0.2, 0.25) is 0 Å². The van der Waals surface area contributed by atoms with Gasteiger partial charge < -0.3 is 19.3 Å². The SMILES string of the molecule is CN1CCC(N(C)C(=O)c2ccc3c(c2)OCCO3)CC1. The van der Waals surface area contributed by atoms with Crippen molar-refractivity contribution in [3.8, 4) is 11.5 Å². The van der Waals surface area contributed by atoms with Gasteiger partial charge in [-0.1, -0.05) is 0 Å². The molecule has 2 heterocycles. The minimum Gasteiger partial charge on any atom is -0.486 e. The van der Waals surface area contributed by atoms with Crippen LogP contribution in [0.3, 0.4) is 0 Å². The van der Waals surface area contributed by atoms with E-state index in [4.69, 9.17) is 9.47 Å². The van der Waals surface area contributed by atoms with Crippen LogP contribution >= 0.6 is 0 Å². The van der Waals surface area contributed by atoms with Crippen molar-refractivity contribution in [2.45, 2.75) is 18.9 Å². The molecule has 1 amide bonds. The second kappa shape index (κ2) is 5.93. The van der Waals surface area contributed by atoms with E-state index in [-0.39, 0.29) is 5.91 Å². The van der Waals surface area contributed by atoms with Crippen molar-refractivity contribution in [3.05, 3.63) is 23.8 Å². The fourth-order valence-corrected chi connectivity index (χ4v) is 2.93. The molecule has 0 atom stereocenters. The Morgan fingerprint density at radius 2 is 1.86 bits per heavy atom. The van der Waals surface area contributed by atoms with Gasteiger partial charge in [0.05, 0.1) is 0 Å². The Bertz CT molecular complexity index is 524. The fraction of sp³-hybridized carbons (Fsp3) is 0.562. The molecule has 2 aliphatic heterocycles. The van der Waals surface area contributed by atoms with Gasteiger partial charge in [-0.05, 0) is 51.2 Å². The first-order valence-electron chi connectivity index (χ1n) is 7.50. The maximum Gasteiger partial charge on any atom is 0.253 e. The molecule has 5 heteroatoms. The zero-order valence-electron chi connectivity index (χ0n) is 12.7. The highest BCUT2D eigenvalue weighted by atomic mass is 16.6. The summed E-state index contributed by atoms with van der Waals surface area (Å²) in [5.41, 5.74) is 0.667. The Kier molecular flexibility index (Phi) is 4.01. The normalized spacial score (nSPS) is 19.3. The van der Waals surface area contributed by atoms with E-state index in [0.29, 0.717) is 30.6 Å². The van der Waals surface area contributed by atoms with Crippen molar-refractivity contribution in [2.75, 3.05) is 40.4 Å². The number of rotatable bonds is 2. The first-order valence-corrected chi connectivity index (χ1v) is 7.50. The molecule has 0 unspecified atom stereocenters. The lowest BCUT2D eigenvalue weighted by Gasteiger charge is -2.35. The Labute approximate surface area is 125 Å². The summed E-state index contributed by atoms with van der Waals surface area (Å²) in [5.74, 6) is 1.45. The smallest absolute Gasteiger partial charge is 0.253 e. The molecule has 3 rings (SSSR count). The number of carbonyl (C=O) groups is 1. The number of hydrogen-bond acceptors (Lipinski definition) is 4. The van der Waals surface area contributed by atoms with Crippen LogP contribution in [0.25, 0.3) is 0 Å². The number of ether oxygens (including phenoxy) is 2. The van der Waals surface area contributed by atoms with Crippen LogP contribution in [0.15, 0.2) is 18.2 Å². The molecule has 0 saturated carbocycles. The molecule has 0 bridgehead atoms. The highest BCUT2D eigenvalue weighted by molar-refractivity contribution is 5.95. The second-order valence-corrected chi connectivity index (χ2v) is 5.81. The molecule has 5 nitrogen and oxygen atoms in total. The molecule has 0 radical (unpaired) electrons. The molecule has 0 spiro atoms. The van der Waals surface area contributed by atoms with Crippen LogP contribution in [0, 0.1) is 0 Å². The van der Waals surface area contributed by atoms with E-state index in [9.17, 15) is 4.79 Å². The van der Waals surface area contributed by atoms with Crippen LogP contribution in [0.2, 0.25) is 0 Å². The average molecular weight is 290 g/mol. The number of likely N-dealkylation sites (tertiary alicyclic amines) is 1. The lowest BCUT2D eigenvalue weighted by Crippen LogP contribution is -2.44. The standard InChI is InChI=1S/C16H22N2O3/c1-17-7-5-13(6-8-17)18(2)16(19)12-3-4-14-15(11-12)21-10-9-20-14/h3-4,11,13H,5-10H2,1-2H3. The molecule has 2 aliphatic rings. The monoisotopic (exact) mass is 290 g/mol. The summed E-state index contributed by atoms with van der Waals surface area (Å²) in [5, 5.41) is 0. The van der Waals surface area contributed by atoms with Crippen LogP contribution in [0.1, 0.15) is 23.2 Å². The minimum absolute atomic E-state index is 0.0570. The topological polar surface area (TPSA) is 42.0 Å². The third kappa shape index (κ3) is 2.97. The molecule has 0 aliphatic carbocycles. The van der Waals surface area contributed by atoms with Crippen molar-refractivity contribution >= 4 is 5.91 Å². The molecule has 1 fully saturated rings. The van der Waals surface area contributed by atoms with Gasteiger partial charge in [-0.15, -0.1) is 0 Å². The third-order valence-corrected chi connectivity index (χ3v) is 4.35. The largest absolute Gasteiger partial charge is 0.486 e. The number of fused-ring (bicyclic) bond motifs is 1. The fourth-order valence-electron chi connectivity index (χ4n) is 2.93. The number of carbonyl (C=O) groups excluding carboxylic acids is 1. The van der Waals surface area contributed by atoms with Gasteiger partial charge in [0, 0.05) is 18.7 Å². The van der Waals surface area contributed by atoms with E-state index >= 15 is 0 Å². The van der Waals surface area contributed by atoms with E-state index in [0.717, 1.165) is 31.7 Å². The molecule has 0 N–H and O–H groups in total. The number of piperidine rings is 1. The highest BCUT2D eigenvalue weighted by Crippen LogP contribution is 2.31. The van der Waals surface area contributed by atoms with Crippen molar-refractivity contribution in [1.29, 1.82) is 0 Å². The molecular weight excluding hydrogens is 268 g/mol. The molecule has 1 aromatic carbocycles. The zero-order valence-corrected chi connectivity index (χ0v) is 12.7. The van der Waals surface area contributed by atoms with E-state index in [2.05, 4.69) is 11.9 Å². The van der Waals surface area contributed by atoms with Crippen LogP contribution in [-0.4, -0.2) is 62.1 Å². The van der Waals surface area contributed by atoms with Crippen molar-refractivity contribution in [3.63, 3.8) is 0 Å². The maximum absolute atomic E-state index is 12.6. The van der Waals surface area contributed by atoms with Crippen LogP contribution in [0.4, 0.5) is 0 Å². The molecule has 1 saturated heterocycles. The number of benzene rings is 1. The Balaban J connectivity index is 1.72. The highest BCUT2D eigenvalue weighted by Gasteiger charge is 2.25. The summed E-state index contributed by atoms with van der Waals surface area (Å²) in [4.78, 5) is 16.8. The van der Waals surface area contributed by atoms with Crippen LogP contribution < -0.4 is 9.47 Å². The number of hydrogen-bond donors (Lipinski definition) is 0. The minimum atomic E-state index is 0.0570. The summed E-state index contributed by atoms with van der Waals surface area (Å²) < 4.78 is 11.0. The van der Waals surface area contributed by atoms with Crippen molar-refractivity contribution in [2.24, 2.45) is 0 Å². The van der Waals surface area contributed by atoms with E-state index < -0.39 is 0 Å². The first kappa shape index (κ1) is 14.2. The number of nitrogens with zero attached hydrogens (tertiary/aromatic N) is 2. The molecule has 1 aromatic rings. The summed E-state index contributed by atoms with van der Waals surface area (Å²) in [6.07, 6.45) is 2.06. The van der Waals surface area contributed by atoms with Crippen LogP contribution in [0.5, 0.6) is 11.5 Å². The maximum atomic E-state index is 12.6. The van der Waals surface area contributed by atoms with Crippen molar-refractivity contribution < 1.29 is 14.3 Å². The predicted molar refractivity (Wildman–Crippen MR) is 80.0 cm³/mol. The lowest BCUT2D eigenvalue weighted by molar-refractivity contribution is 0.0658. The van der Waals surface area contributed by atoms with Gasteiger partial charge in [0.25, 0.3) is 5.91 Å². The van der Waals surface area contributed by atoms with E-state index in [1.54, 1.807) is 6.07 Å². The average Bonchev–Trinajstić information content (AvgIpc) is 2.54. The van der Waals surface area contributed by atoms with Gasteiger partial charge >= 0.3 is 0 Å². The van der Waals surface area contributed by atoms with Gasteiger partial charge in [0.1, 0.15) is 13.2 Å². The zero-order chi connectivity index (χ0) is 14.8. The summed E-state index contributed by atoms with van der Waals surface area (Å²) in [6, 6.07) is 5.76. The first-order chi connectivity index (χ1) is 10.1. The summed E-state index contributed by atoms with van der Waals surface area (Å²) in [6.45, 7) is 3.19. The quantitative estimate of drug-likeness (QED) is 0.830. The molecule has 0 aromatic heterocycles. The van der Waals surface area contributed by atoms with Gasteiger partial charge in [-0.2, -0.15) is 0 Å². The van der Waals surface area contributed by atoms with E-state index in [1.165, 1.54) is 0 Å². The van der Waals surface area contributed by atoms with Gasteiger partial charge in [-0.25, -0.2) is 0 Å². The molecule has 21 heavy (non-hydrogen) atoms. The second-order valence-electron chi connectivity index (χ2n) is 5.81. The summed E-state index contributed by atoms with van der Waals surface area (Å²) in [7, 11) is 4.02. The summed E-state index contributed by atoms with van der Waals surface area (Å²) >= 11 is 0. The van der Waals surface area contributed by atoms with Crippen LogP contribution in [-0.2, 0) is 0 Å². The Morgan fingerprint density at radius 1 is 1.19 bits per heavy atom. The van der Waals surface area contributed by atoms with Gasteiger partial charge in [-0.3, -0.25) is 4.79 Å². The molecule has 114 valence electrons. The van der Waals surface area contributed by atoms with Crippen molar-refractivity contribution in [1.82, 2.24) is 9.80 Å².